The van der Waals surface area contributed by atoms with Crippen LogP contribution in [0.5, 0.6) is 0 Å². The Morgan fingerprint density at radius 1 is 1.15 bits per heavy atom. The van der Waals surface area contributed by atoms with Gasteiger partial charge in [-0.15, -0.1) is 0 Å². The Kier molecular flexibility index (Phi) is 2.85. The lowest BCUT2D eigenvalue weighted by Crippen LogP contribution is -2.32. The quantitative estimate of drug-likeness (QED) is 0.646. The van der Waals surface area contributed by atoms with Crippen molar-refractivity contribution < 1.29 is 19.5 Å². The molecule has 2 aliphatic rings. The lowest BCUT2D eigenvalue weighted by atomic mass is 9.85. The van der Waals surface area contributed by atoms with Crippen molar-refractivity contribution in [3.8, 4) is 0 Å². The van der Waals surface area contributed by atoms with Gasteiger partial charge in [-0.1, -0.05) is 18.2 Å². The lowest BCUT2D eigenvalue weighted by Gasteiger charge is -2.14. The number of carbonyl (C=O) groups is 3. The fourth-order valence-electron chi connectivity index (χ4n) is 2.69. The van der Waals surface area contributed by atoms with Crippen molar-refractivity contribution in [1.82, 2.24) is 4.98 Å². The monoisotopic (exact) mass is 272 g/mol. The first-order valence-corrected chi connectivity index (χ1v) is 6.33. The van der Waals surface area contributed by atoms with E-state index in [1.165, 1.54) is 18.2 Å². The standard InChI is InChI=1S/C14H12N2O4/c17-12-8-4-1-2-5-9(8)13(18)16(12)11-7-3-6-10(15-11)14(19)20/h1-3,6-9H,4-5H2,(H,19,20). The van der Waals surface area contributed by atoms with Crippen molar-refractivity contribution in [2.24, 2.45) is 11.8 Å². The summed E-state index contributed by atoms with van der Waals surface area (Å²) >= 11 is 0. The molecule has 1 aromatic heterocycles. The van der Waals surface area contributed by atoms with Gasteiger partial charge in [0.15, 0.2) is 5.69 Å². The fraction of sp³-hybridized carbons (Fsp3) is 0.286. The molecule has 1 aliphatic carbocycles. The number of aromatic nitrogens is 1. The van der Waals surface area contributed by atoms with Gasteiger partial charge in [-0.2, -0.15) is 0 Å². The number of rotatable bonds is 2. The number of carboxylic acid groups (broad SMARTS) is 1. The molecule has 0 radical (unpaired) electrons. The van der Waals surface area contributed by atoms with Gasteiger partial charge in [0.2, 0.25) is 11.8 Å². The van der Waals surface area contributed by atoms with Gasteiger partial charge in [-0.05, 0) is 25.0 Å². The number of anilines is 1. The molecule has 0 bridgehead atoms. The molecule has 0 saturated carbocycles. The number of carbonyl (C=O) groups excluding carboxylic acids is 2. The Hall–Kier alpha value is -2.50. The SMILES string of the molecule is O=C(O)c1cccc(N2C(=O)C3CC=CCC3C2=O)n1. The number of pyridine rings is 1. The molecule has 6 nitrogen and oxygen atoms in total. The second-order valence-corrected chi connectivity index (χ2v) is 4.85. The van der Waals surface area contributed by atoms with Crippen LogP contribution in [-0.2, 0) is 9.59 Å². The Bertz CT molecular complexity index is 612. The molecule has 102 valence electrons. The van der Waals surface area contributed by atoms with Crippen molar-refractivity contribution >= 4 is 23.6 Å². The minimum absolute atomic E-state index is 0.0919. The number of fused-ring (bicyclic) bond motifs is 1. The van der Waals surface area contributed by atoms with Crippen LogP contribution in [0.15, 0.2) is 30.4 Å². The summed E-state index contributed by atoms with van der Waals surface area (Å²) in [6.07, 6.45) is 4.89. The molecule has 0 aromatic carbocycles. The van der Waals surface area contributed by atoms with E-state index in [4.69, 9.17) is 5.11 Å². The Labute approximate surface area is 114 Å². The zero-order chi connectivity index (χ0) is 14.3. The zero-order valence-electron chi connectivity index (χ0n) is 10.5. The van der Waals surface area contributed by atoms with Crippen LogP contribution < -0.4 is 4.90 Å². The van der Waals surface area contributed by atoms with E-state index in [-0.39, 0.29) is 35.2 Å². The first-order valence-electron chi connectivity index (χ1n) is 6.33. The molecule has 6 heteroatoms. The maximum absolute atomic E-state index is 12.3. The predicted molar refractivity (Wildman–Crippen MR) is 69.0 cm³/mol. The molecule has 1 aromatic rings. The summed E-state index contributed by atoms with van der Waals surface area (Å²) in [6, 6.07) is 4.28. The molecular formula is C14H12N2O4. The Morgan fingerprint density at radius 3 is 2.30 bits per heavy atom. The number of hydrogen-bond acceptors (Lipinski definition) is 4. The van der Waals surface area contributed by atoms with E-state index < -0.39 is 5.97 Å². The second-order valence-electron chi connectivity index (χ2n) is 4.85. The molecular weight excluding hydrogens is 260 g/mol. The van der Waals surface area contributed by atoms with Crippen molar-refractivity contribution in [3.63, 3.8) is 0 Å². The first-order chi connectivity index (χ1) is 9.59. The maximum atomic E-state index is 12.3. The molecule has 2 atom stereocenters. The summed E-state index contributed by atoms with van der Waals surface area (Å²) in [7, 11) is 0. The van der Waals surface area contributed by atoms with Crippen molar-refractivity contribution in [2.75, 3.05) is 4.90 Å². The van der Waals surface area contributed by atoms with Crippen LogP contribution in [0.4, 0.5) is 5.82 Å². The van der Waals surface area contributed by atoms with Crippen LogP contribution in [-0.4, -0.2) is 27.9 Å². The number of hydrogen-bond donors (Lipinski definition) is 1. The van der Waals surface area contributed by atoms with E-state index in [0.29, 0.717) is 12.8 Å². The van der Waals surface area contributed by atoms with Crippen LogP contribution in [0.1, 0.15) is 23.3 Å². The summed E-state index contributed by atoms with van der Waals surface area (Å²) in [5.41, 5.74) is -0.184. The summed E-state index contributed by atoms with van der Waals surface area (Å²) in [6.45, 7) is 0. The highest BCUT2D eigenvalue weighted by Crippen LogP contribution is 2.36. The van der Waals surface area contributed by atoms with Crippen molar-refractivity contribution in [1.29, 1.82) is 0 Å². The molecule has 2 amide bonds. The van der Waals surface area contributed by atoms with Gasteiger partial charge in [0.05, 0.1) is 11.8 Å². The van der Waals surface area contributed by atoms with E-state index in [9.17, 15) is 14.4 Å². The van der Waals surface area contributed by atoms with Crippen LogP contribution >= 0.6 is 0 Å². The molecule has 20 heavy (non-hydrogen) atoms. The first kappa shape index (κ1) is 12.5. The molecule has 1 fully saturated rings. The number of allylic oxidation sites excluding steroid dienone is 2. The van der Waals surface area contributed by atoms with Crippen molar-refractivity contribution in [2.45, 2.75) is 12.8 Å². The highest BCUT2D eigenvalue weighted by molar-refractivity contribution is 6.21. The molecule has 1 saturated heterocycles. The average Bonchev–Trinajstić information content (AvgIpc) is 2.72. The van der Waals surface area contributed by atoms with E-state index in [0.717, 1.165) is 4.90 Å². The lowest BCUT2D eigenvalue weighted by molar-refractivity contribution is -0.122. The highest BCUT2D eigenvalue weighted by Gasteiger charge is 2.48. The van der Waals surface area contributed by atoms with Gasteiger partial charge in [0, 0.05) is 0 Å². The topological polar surface area (TPSA) is 87.6 Å². The molecule has 1 aliphatic heterocycles. The number of carboxylic acids is 1. The third kappa shape index (κ3) is 1.80. The largest absolute Gasteiger partial charge is 0.477 e. The number of amides is 2. The molecule has 2 heterocycles. The van der Waals surface area contributed by atoms with E-state index >= 15 is 0 Å². The number of aromatic carboxylic acids is 1. The van der Waals surface area contributed by atoms with Gasteiger partial charge in [-0.3, -0.25) is 9.59 Å². The van der Waals surface area contributed by atoms with E-state index in [1.54, 1.807) is 0 Å². The van der Waals surface area contributed by atoms with Gasteiger partial charge in [-0.25, -0.2) is 14.7 Å². The number of nitrogens with zero attached hydrogens (tertiary/aromatic N) is 2. The fourth-order valence-corrected chi connectivity index (χ4v) is 2.69. The minimum Gasteiger partial charge on any atom is -0.477 e. The summed E-state index contributed by atoms with van der Waals surface area (Å²) in [4.78, 5) is 40.5. The van der Waals surface area contributed by atoms with E-state index in [1.807, 2.05) is 12.2 Å². The van der Waals surface area contributed by atoms with Crippen molar-refractivity contribution in [3.05, 3.63) is 36.0 Å². The maximum Gasteiger partial charge on any atom is 0.354 e. The van der Waals surface area contributed by atoms with Crippen LogP contribution in [0, 0.1) is 11.8 Å². The average molecular weight is 272 g/mol. The second kappa shape index (κ2) is 4.56. The smallest absolute Gasteiger partial charge is 0.354 e. The van der Waals surface area contributed by atoms with Crippen LogP contribution in [0.2, 0.25) is 0 Å². The summed E-state index contributed by atoms with van der Waals surface area (Å²) in [5.74, 6) is -2.37. The summed E-state index contributed by atoms with van der Waals surface area (Å²) in [5, 5.41) is 8.93. The molecule has 1 N–H and O–H groups in total. The normalized spacial score (nSPS) is 24.9. The minimum atomic E-state index is -1.19. The van der Waals surface area contributed by atoms with Crippen LogP contribution in [0.3, 0.4) is 0 Å². The predicted octanol–water partition coefficient (Wildman–Crippen LogP) is 1.24. The third-order valence-corrected chi connectivity index (χ3v) is 3.69. The van der Waals surface area contributed by atoms with Crippen LogP contribution in [0.25, 0.3) is 0 Å². The third-order valence-electron chi connectivity index (χ3n) is 3.69. The Morgan fingerprint density at radius 2 is 1.75 bits per heavy atom. The van der Waals surface area contributed by atoms with Gasteiger partial charge in [0.25, 0.3) is 0 Å². The molecule has 2 unspecified atom stereocenters. The summed E-state index contributed by atoms with van der Waals surface area (Å²) < 4.78 is 0. The van der Waals surface area contributed by atoms with Gasteiger partial charge < -0.3 is 5.11 Å². The van der Waals surface area contributed by atoms with Gasteiger partial charge >= 0.3 is 5.97 Å². The Balaban J connectivity index is 1.98. The molecule has 0 spiro atoms. The number of imide groups is 1. The zero-order valence-corrected chi connectivity index (χ0v) is 10.5. The molecule has 3 rings (SSSR count). The van der Waals surface area contributed by atoms with Gasteiger partial charge in [0.1, 0.15) is 5.82 Å². The highest BCUT2D eigenvalue weighted by atomic mass is 16.4. The van der Waals surface area contributed by atoms with E-state index in [2.05, 4.69) is 4.98 Å².